The van der Waals surface area contributed by atoms with Crippen molar-refractivity contribution in [2.45, 2.75) is 31.6 Å². The second-order valence-electron chi connectivity index (χ2n) is 5.72. The molecule has 2 rings (SSSR count). The molecule has 1 saturated heterocycles. The van der Waals surface area contributed by atoms with Crippen LogP contribution in [0.15, 0.2) is 17.5 Å². The Morgan fingerprint density at radius 1 is 1.50 bits per heavy atom. The zero-order chi connectivity index (χ0) is 14.4. The lowest BCUT2D eigenvalue weighted by molar-refractivity contribution is 0.00350. The van der Waals surface area contributed by atoms with E-state index in [-0.39, 0.29) is 0 Å². The number of likely N-dealkylation sites (N-methyl/N-ethyl adjacent to an activating group) is 1. The summed E-state index contributed by atoms with van der Waals surface area (Å²) in [6, 6.07) is 4.67. The Kier molecular flexibility index (Phi) is 6.45. The van der Waals surface area contributed by atoms with Crippen LogP contribution < -0.4 is 0 Å². The van der Waals surface area contributed by atoms with Crippen molar-refractivity contribution < 1.29 is 9.84 Å². The van der Waals surface area contributed by atoms with Gasteiger partial charge < -0.3 is 19.6 Å². The summed E-state index contributed by atoms with van der Waals surface area (Å²) in [5, 5.41) is 12.1. The van der Waals surface area contributed by atoms with Crippen LogP contribution in [0.4, 0.5) is 0 Å². The molecule has 1 aromatic rings. The lowest BCUT2D eigenvalue weighted by Gasteiger charge is -2.35. The molecule has 1 aliphatic heterocycles. The van der Waals surface area contributed by atoms with E-state index in [1.165, 1.54) is 17.7 Å². The van der Waals surface area contributed by atoms with Gasteiger partial charge in [-0.3, -0.25) is 0 Å². The molecule has 0 radical (unpaired) electrons. The van der Waals surface area contributed by atoms with E-state index in [4.69, 9.17) is 4.74 Å². The van der Waals surface area contributed by atoms with E-state index in [9.17, 15) is 5.11 Å². The van der Waals surface area contributed by atoms with Crippen LogP contribution in [0.1, 0.15) is 17.7 Å². The SMILES string of the molecule is CN1CCC(N(C)C[C@H](O)COCc2cccs2)CC1. The predicted molar refractivity (Wildman–Crippen MR) is 83.1 cm³/mol. The maximum atomic E-state index is 10.1. The molecule has 20 heavy (non-hydrogen) atoms. The van der Waals surface area contributed by atoms with Gasteiger partial charge in [-0.2, -0.15) is 0 Å². The van der Waals surface area contributed by atoms with Crippen LogP contribution in [-0.4, -0.2) is 67.4 Å². The van der Waals surface area contributed by atoms with Crippen LogP contribution in [0.3, 0.4) is 0 Å². The highest BCUT2D eigenvalue weighted by atomic mass is 32.1. The zero-order valence-electron chi connectivity index (χ0n) is 12.5. The lowest BCUT2D eigenvalue weighted by Crippen LogP contribution is -2.45. The minimum atomic E-state index is -0.403. The van der Waals surface area contributed by atoms with Crippen LogP contribution in [-0.2, 0) is 11.3 Å². The number of aliphatic hydroxyl groups is 1. The van der Waals surface area contributed by atoms with E-state index in [0.717, 1.165) is 13.1 Å². The average molecular weight is 298 g/mol. The number of rotatable bonds is 7. The maximum Gasteiger partial charge on any atom is 0.0900 e. The summed E-state index contributed by atoms with van der Waals surface area (Å²) in [6.45, 7) is 4.01. The van der Waals surface area contributed by atoms with Crippen molar-refractivity contribution in [1.82, 2.24) is 9.80 Å². The molecule has 1 N–H and O–H groups in total. The molecule has 1 aliphatic rings. The van der Waals surface area contributed by atoms with E-state index in [1.54, 1.807) is 11.3 Å². The number of piperidine rings is 1. The van der Waals surface area contributed by atoms with Crippen LogP contribution in [0.2, 0.25) is 0 Å². The molecule has 1 aromatic heterocycles. The fourth-order valence-corrected chi connectivity index (χ4v) is 3.30. The third-order valence-corrected chi connectivity index (χ3v) is 4.79. The molecule has 0 unspecified atom stereocenters. The van der Waals surface area contributed by atoms with Gasteiger partial charge in [-0.15, -0.1) is 11.3 Å². The number of hydrogen-bond acceptors (Lipinski definition) is 5. The molecule has 0 amide bonds. The van der Waals surface area contributed by atoms with E-state index in [0.29, 0.717) is 25.8 Å². The molecule has 4 nitrogen and oxygen atoms in total. The topological polar surface area (TPSA) is 35.9 Å². The first-order valence-electron chi connectivity index (χ1n) is 7.32. The maximum absolute atomic E-state index is 10.1. The second kappa shape index (κ2) is 8.10. The molecule has 0 aliphatic carbocycles. The highest BCUT2D eigenvalue weighted by Gasteiger charge is 2.22. The van der Waals surface area contributed by atoms with Gasteiger partial charge in [0.05, 0.1) is 19.3 Å². The largest absolute Gasteiger partial charge is 0.389 e. The number of thiophene rings is 1. The summed E-state index contributed by atoms with van der Waals surface area (Å²) in [5.41, 5.74) is 0. The summed E-state index contributed by atoms with van der Waals surface area (Å²) in [6.07, 6.45) is 1.98. The minimum absolute atomic E-state index is 0.403. The summed E-state index contributed by atoms with van der Waals surface area (Å²) >= 11 is 1.69. The van der Waals surface area contributed by atoms with E-state index < -0.39 is 6.10 Å². The highest BCUT2D eigenvalue weighted by molar-refractivity contribution is 7.09. The molecule has 0 spiro atoms. The number of nitrogens with zero attached hydrogens (tertiary/aromatic N) is 2. The van der Waals surface area contributed by atoms with Gasteiger partial charge in [0.1, 0.15) is 0 Å². The standard InChI is InChI=1S/C15H26N2O2S/c1-16-7-5-13(6-8-16)17(2)10-14(18)11-19-12-15-4-3-9-20-15/h3-4,9,13-14,18H,5-8,10-12H2,1-2H3/t14-/m0/s1. The Bertz CT molecular complexity index is 364. The van der Waals surface area contributed by atoms with Gasteiger partial charge in [0.15, 0.2) is 0 Å². The third kappa shape index (κ3) is 5.14. The molecule has 2 heterocycles. The van der Waals surface area contributed by atoms with Crippen LogP contribution in [0, 0.1) is 0 Å². The summed E-state index contributed by atoms with van der Waals surface area (Å²) < 4.78 is 5.57. The Morgan fingerprint density at radius 2 is 2.25 bits per heavy atom. The van der Waals surface area contributed by atoms with Gasteiger partial charge >= 0.3 is 0 Å². The first-order chi connectivity index (χ1) is 9.65. The molecule has 114 valence electrons. The molecular weight excluding hydrogens is 272 g/mol. The van der Waals surface area contributed by atoms with Crippen molar-refractivity contribution in [3.63, 3.8) is 0 Å². The number of aliphatic hydroxyl groups excluding tert-OH is 1. The first kappa shape index (κ1) is 15.9. The van der Waals surface area contributed by atoms with E-state index >= 15 is 0 Å². The fraction of sp³-hybridized carbons (Fsp3) is 0.733. The summed E-state index contributed by atoms with van der Waals surface area (Å²) in [5.74, 6) is 0. The Balaban J connectivity index is 1.62. The van der Waals surface area contributed by atoms with E-state index in [1.807, 2.05) is 11.4 Å². The van der Waals surface area contributed by atoms with Crippen molar-refractivity contribution in [3.05, 3.63) is 22.4 Å². The molecular formula is C15H26N2O2S. The van der Waals surface area contributed by atoms with Gasteiger partial charge in [-0.1, -0.05) is 6.07 Å². The Hall–Kier alpha value is -0.460. The average Bonchev–Trinajstić information content (AvgIpc) is 2.92. The third-order valence-electron chi connectivity index (χ3n) is 3.94. The zero-order valence-corrected chi connectivity index (χ0v) is 13.3. The minimum Gasteiger partial charge on any atom is -0.389 e. The van der Waals surface area contributed by atoms with Crippen LogP contribution in [0.5, 0.6) is 0 Å². The first-order valence-corrected chi connectivity index (χ1v) is 8.20. The van der Waals surface area contributed by atoms with Crippen molar-refractivity contribution in [2.24, 2.45) is 0 Å². The Morgan fingerprint density at radius 3 is 2.90 bits per heavy atom. The number of ether oxygens (including phenoxy) is 1. The van der Waals surface area contributed by atoms with Crippen molar-refractivity contribution >= 4 is 11.3 Å². The smallest absolute Gasteiger partial charge is 0.0900 e. The monoisotopic (exact) mass is 298 g/mol. The van der Waals surface area contributed by atoms with Crippen molar-refractivity contribution in [1.29, 1.82) is 0 Å². The van der Waals surface area contributed by atoms with Gasteiger partial charge in [-0.05, 0) is 51.5 Å². The lowest BCUT2D eigenvalue weighted by atomic mass is 10.0. The molecule has 5 heteroatoms. The second-order valence-corrected chi connectivity index (χ2v) is 6.75. The molecule has 0 aromatic carbocycles. The molecule has 1 fully saturated rings. The van der Waals surface area contributed by atoms with Crippen molar-refractivity contribution in [2.75, 3.05) is 40.3 Å². The van der Waals surface area contributed by atoms with Gasteiger partial charge in [0.2, 0.25) is 0 Å². The normalized spacial score (nSPS) is 19.6. The van der Waals surface area contributed by atoms with Gasteiger partial charge in [0, 0.05) is 17.5 Å². The molecule has 0 saturated carbocycles. The van der Waals surface area contributed by atoms with Crippen LogP contribution in [0.25, 0.3) is 0 Å². The highest BCUT2D eigenvalue weighted by Crippen LogP contribution is 2.14. The van der Waals surface area contributed by atoms with E-state index in [2.05, 4.69) is 30.0 Å². The molecule has 0 bridgehead atoms. The van der Waals surface area contributed by atoms with Gasteiger partial charge in [0.25, 0.3) is 0 Å². The van der Waals surface area contributed by atoms with Gasteiger partial charge in [-0.25, -0.2) is 0 Å². The van der Waals surface area contributed by atoms with Crippen LogP contribution >= 0.6 is 11.3 Å². The molecule has 1 atom stereocenters. The Labute approximate surface area is 126 Å². The number of hydrogen-bond donors (Lipinski definition) is 1. The number of likely N-dealkylation sites (tertiary alicyclic amines) is 1. The summed E-state index contributed by atoms with van der Waals surface area (Å²) in [7, 11) is 4.28. The quantitative estimate of drug-likeness (QED) is 0.830. The fourth-order valence-electron chi connectivity index (χ4n) is 2.66. The predicted octanol–water partition coefficient (Wildman–Crippen LogP) is 1.65. The summed E-state index contributed by atoms with van der Waals surface area (Å²) in [4.78, 5) is 5.86. The van der Waals surface area contributed by atoms with Crippen molar-refractivity contribution in [3.8, 4) is 0 Å².